The van der Waals surface area contributed by atoms with E-state index in [4.69, 9.17) is 11.6 Å². The van der Waals surface area contributed by atoms with Crippen molar-refractivity contribution in [2.75, 3.05) is 0 Å². The number of allylic oxidation sites excluding steroid dienone is 4. The van der Waals surface area contributed by atoms with Gasteiger partial charge >= 0.3 is 6.18 Å². The van der Waals surface area contributed by atoms with E-state index in [2.05, 4.69) is 6.92 Å². The van der Waals surface area contributed by atoms with Crippen LogP contribution >= 0.6 is 11.6 Å². The molecule has 0 aromatic carbocycles. The van der Waals surface area contributed by atoms with Gasteiger partial charge in [0.25, 0.3) is 0 Å². The zero-order valence-electron chi connectivity index (χ0n) is 15.7. The molecule has 1 N–H and O–H groups in total. The molecule has 0 unspecified atom stereocenters. The molecular formula is C21H26ClF3O2. The van der Waals surface area contributed by atoms with Gasteiger partial charge in [0.05, 0.1) is 11.1 Å². The standard InChI is InChI=1S/C21H26ClF3O2/c1-19-8-6-15(26)18(22)14(19)9-11(10-21(23,24)25)17-12-3-4-16(27)20(12,2)7-5-13(17)19/h6,8,11-13,16-17,27H,3-5,7,9-10H2,1-2H3/t11-,12-,13-,16-,17-,19+,20-/m0/s1. The summed E-state index contributed by atoms with van der Waals surface area (Å²) >= 11 is 6.32. The molecule has 4 rings (SSSR count). The fraction of sp³-hybridized carbons (Fsp3) is 0.762. The summed E-state index contributed by atoms with van der Waals surface area (Å²) in [6.07, 6.45) is 1.05. The SMILES string of the molecule is C[C@]12CC[C@H]3[C@@H]([C@H](CC(F)(F)F)CC4=C(Cl)C(=O)C=C[C@@]43C)[C@@H]1CC[C@@H]2O. The Kier molecular flexibility index (Phi) is 4.40. The van der Waals surface area contributed by atoms with Crippen molar-refractivity contribution >= 4 is 17.4 Å². The molecular weight excluding hydrogens is 377 g/mol. The lowest BCUT2D eigenvalue weighted by molar-refractivity contribution is -0.167. The number of hydrogen-bond donors (Lipinski definition) is 1. The van der Waals surface area contributed by atoms with Gasteiger partial charge in [-0.15, -0.1) is 0 Å². The number of alkyl halides is 3. The second kappa shape index (κ2) is 6.09. The van der Waals surface area contributed by atoms with Crippen LogP contribution in [0, 0.1) is 34.5 Å². The van der Waals surface area contributed by atoms with E-state index < -0.39 is 30.0 Å². The normalized spacial score (nSPS) is 46.9. The highest BCUT2D eigenvalue weighted by Crippen LogP contribution is 2.67. The third-order valence-corrected chi connectivity index (χ3v) is 8.68. The molecule has 0 radical (unpaired) electrons. The van der Waals surface area contributed by atoms with Crippen molar-refractivity contribution in [1.82, 2.24) is 0 Å². The molecule has 3 fully saturated rings. The predicted octanol–water partition coefficient (Wildman–Crippen LogP) is 5.40. The number of halogens is 4. The van der Waals surface area contributed by atoms with E-state index in [0.717, 1.165) is 19.3 Å². The van der Waals surface area contributed by atoms with Crippen LogP contribution in [0.1, 0.15) is 52.4 Å². The second-order valence-corrected chi connectivity index (χ2v) is 9.86. The van der Waals surface area contributed by atoms with E-state index >= 15 is 0 Å². The van der Waals surface area contributed by atoms with Crippen molar-refractivity contribution in [2.24, 2.45) is 34.5 Å². The molecule has 0 heterocycles. The van der Waals surface area contributed by atoms with E-state index in [1.54, 1.807) is 0 Å². The fourth-order valence-electron chi connectivity index (χ4n) is 6.89. The van der Waals surface area contributed by atoms with Gasteiger partial charge in [0.15, 0.2) is 5.78 Å². The molecule has 0 aliphatic heterocycles. The number of fused-ring (bicyclic) bond motifs is 5. The maximum atomic E-state index is 13.4. The van der Waals surface area contributed by atoms with Gasteiger partial charge in [0.2, 0.25) is 0 Å². The van der Waals surface area contributed by atoms with Gasteiger partial charge in [0.1, 0.15) is 0 Å². The average molecular weight is 403 g/mol. The summed E-state index contributed by atoms with van der Waals surface area (Å²) < 4.78 is 40.3. The molecule has 4 aliphatic rings. The van der Waals surface area contributed by atoms with Crippen LogP contribution in [-0.4, -0.2) is 23.2 Å². The van der Waals surface area contributed by atoms with E-state index in [-0.39, 0.29) is 40.4 Å². The number of rotatable bonds is 1. The van der Waals surface area contributed by atoms with Crippen molar-refractivity contribution < 1.29 is 23.1 Å². The molecule has 150 valence electrons. The first-order valence-electron chi connectivity index (χ1n) is 9.85. The highest BCUT2D eigenvalue weighted by Gasteiger charge is 2.62. The highest BCUT2D eigenvalue weighted by molar-refractivity contribution is 6.45. The molecule has 4 aliphatic carbocycles. The average Bonchev–Trinajstić information content (AvgIpc) is 2.87. The first kappa shape index (κ1) is 19.5. The number of aliphatic hydroxyl groups is 1. The summed E-state index contributed by atoms with van der Waals surface area (Å²) in [6.45, 7) is 4.08. The third-order valence-electron chi connectivity index (χ3n) is 8.27. The van der Waals surface area contributed by atoms with E-state index in [9.17, 15) is 23.1 Å². The van der Waals surface area contributed by atoms with Crippen LogP contribution in [0.5, 0.6) is 0 Å². The molecule has 0 amide bonds. The maximum absolute atomic E-state index is 13.4. The summed E-state index contributed by atoms with van der Waals surface area (Å²) in [7, 11) is 0. The quantitative estimate of drug-likeness (QED) is 0.637. The number of ketones is 1. The number of aliphatic hydroxyl groups excluding tert-OH is 1. The largest absolute Gasteiger partial charge is 0.393 e. The molecule has 27 heavy (non-hydrogen) atoms. The second-order valence-electron chi connectivity index (χ2n) is 9.48. The van der Waals surface area contributed by atoms with Crippen LogP contribution in [0.4, 0.5) is 13.2 Å². The minimum Gasteiger partial charge on any atom is -0.393 e. The summed E-state index contributed by atoms with van der Waals surface area (Å²) in [5, 5.41) is 10.7. The lowest BCUT2D eigenvalue weighted by Gasteiger charge is -2.59. The zero-order chi connectivity index (χ0) is 19.8. The zero-order valence-corrected chi connectivity index (χ0v) is 16.4. The molecule has 0 aromatic rings. The number of carbonyl (C=O) groups excluding carboxylic acids is 1. The Labute approximate surface area is 162 Å². The van der Waals surface area contributed by atoms with E-state index in [1.807, 2.05) is 13.0 Å². The Morgan fingerprint density at radius 3 is 2.59 bits per heavy atom. The van der Waals surface area contributed by atoms with Crippen molar-refractivity contribution in [1.29, 1.82) is 0 Å². The first-order valence-corrected chi connectivity index (χ1v) is 10.2. The van der Waals surface area contributed by atoms with Gasteiger partial charge in [-0.25, -0.2) is 0 Å². The number of carbonyl (C=O) groups is 1. The molecule has 6 heteroatoms. The Hall–Kier alpha value is -0.810. The van der Waals surface area contributed by atoms with Crippen LogP contribution in [0.2, 0.25) is 0 Å². The van der Waals surface area contributed by atoms with Gasteiger partial charge < -0.3 is 5.11 Å². The molecule has 0 aromatic heterocycles. The molecule has 0 saturated heterocycles. The van der Waals surface area contributed by atoms with Gasteiger partial charge in [-0.05, 0) is 72.8 Å². The van der Waals surface area contributed by atoms with Crippen molar-refractivity contribution in [3.05, 3.63) is 22.8 Å². The fourth-order valence-corrected chi connectivity index (χ4v) is 7.24. The summed E-state index contributed by atoms with van der Waals surface area (Å²) in [4.78, 5) is 12.1. The van der Waals surface area contributed by atoms with Crippen LogP contribution < -0.4 is 0 Å². The molecule has 0 spiro atoms. The van der Waals surface area contributed by atoms with Crippen LogP contribution in [0.15, 0.2) is 22.8 Å². The number of hydrogen-bond acceptors (Lipinski definition) is 2. The summed E-state index contributed by atoms with van der Waals surface area (Å²) in [6, 6.07) is 0. The molecule has 7 atom stereocenters. The van der Waals surface area contributed by atoms with Crippen molar-refractivity contribution in [3.63, 3.8) is 0 Å². The Bertz CT molecular complexity index is 727. The van der Waals surface area contributed by atoms with Gasteiger partial charge in [-0.2, -0.15) is 13.2 Å². The van der Waals surface area contributed by atoms with Gasteiger partial charge in [0, 0.05) is 11.8 Å². The van der Waals surface area contributed by atoms with E-state index in [1.165, 1.54) is 6.08 Å². The summed E-state index contributed by atoms with van der Waals surface area (Å²) in [5.74, 6) is -0.887. The van der Waals surface area contributed by atoms with Gasteiger partial charge in [-0.1, -0.05) is 31.5 Å². The smallest absolute Gasteiger partial charge is 0.389 e. The predicted molar refractivity (Wildman–Crippen MR) is 97.0 cm³/mol. The first-order chi connectivity index (χ1) is 12.5. The Balaban J connectivity index is 1.80. The monoisotopic (exact) mass is 402 g/mol. The van der Waals surface area contributed by atoms with Crippen LogP contribution in [-0.2, 0) is 4.79 Å². The lowest BCUT2D eigenvalue weighted by atomic mass is 9.45. The molecule has 0 bridgehead atoms. The van der Waals surface area contributed by atoms with Gasteiger partial charge in [-0.3, -0.25) is 4.79 Å². The minimum absolute atomic E-state index is 0.0232. The van der Waals surface area contributed by atoms with Crippen molar-refractivity contribution in [3.8, 4) is 0 Å². The van der Waals surface area contributed by atoms with Crippen LogP contribution in [0.25, 0.3) is 0 Å². The molecule has 2 nitrogen and oxygen atoms in total. The Morgan fingerprint density at radius 2 is 1.93 bits per heavy atom. The Morgan fingerprint density at radius 1 is 1.22 bits per heavy atom. The lowest BCUT2D eigenvalue weighted by Crippen LogP contribution is -2.54. The highest BCUT2D eigenvalue weighted by atomic mass is 35.5. The minimum atomic E-state index is -4.25. The van der Waals surface area contributed by atoms with Crippen LogP contribution in [0.3, 0.4) is 0 Å². The third kappa shape index (κ3) is 2.83. The summed E-state index contributed by atoms with van der Waals surface area (Å²) in [5.41, 5.74) is -0.0814. The molecule has 3 saturated carbocycles. The van der Waals surface area contributed by atoms with Crippen molar-refractivity contribution in [2.45, 2.75) is 64.7 Å². The van der Waals surface area contributed by atoms with E-state index in [0.29, 0.717) is 12.0 Å². The topological polar surface area (TPSA) is 37.3 Å². The maximum Gasteiger partial charge on any atom is 0.389 e.